The van der Waals surface area contributed by atoms with E-state index in [1.807, 2.05) is 6.92 Å². The molecule has 0 rings (SSSR count). The molecule has 0 N–H and O–H groups in total. The van der Waals surface area contributed by atoms with E-state index in [2.05, 4.69) is 4.74 Å². The topological polar surface area (TPSA) is 72.9 Å². The maximum atomic E-state index is 11.8. The van der Waals surface area contributed by atoms with Gasteiger partial charge in [-0.1, -0.05) is 6.92 Å². The molecule has 0 aliphatic rings. The molecule has 1 amide bonds. The average molecular weight is 259 g/mol. The van der Waals surface area contributed by atoms with Gasteiger partial charge >= 0.3 is 11.9 Å². The van der Waals surface area contributed by atoms with Crippen molar-refractivity contribution in [1.82, 2.24) is 4.90 Å². The van der Waals surface area contributed by atoms with Crippen LogP contribution in [0.4, 0.5) is 0 Å². The van der Waals surface area contributed by atoms with Crippen LogP contribution in [0.1, 0.15) is 33.1 Å². The van der Waals surface area contributed by atoms with E-state index in [-0.39, 0.29) is 25.3 Å². The quantitative estimate of drug-likeness (QED) is 0.601. The van der Waals surface area contributed by atoms with Crippen molar-refractivity contribution in [2.75, 3.05) is 26.8 Å². The predicted molar refractivity (Wildman–Crippen MR) is 64.8 cm³/mol. The fraction of sp³-hybridized carbons (Fsp3) is 0.750. The number of rotatable bonds is 8. The van der Waals surface area contributed by atoms with Crippen molar-refractivity contribution in [2.45, 2.75) is 33.1 Å². The average Bonchev–Trinajstić information content (AvgIpc) is 2.35. The molecule has 0 fully saturated rings. The third-order valence-electron chi connectivity index (χ3n) is 2.24. The SMILES string of the molecule is CCCN(CC(=O)OC)C(=O)CCC(=O)OCC. The van der Waals surface area contributed by atoms with Crippen LogP contribution >= 0.6 is 0 Å². The van der Waals surface area contributed by atoms with Crippen LogP contribution in [0.25, 0.3) is 0 Å². The maximum absolute atomic E-state index is 11.8. The van der Waals surface area contributed by atoms with Gasteiger partial charge in [0.2, 0.25) is 5.91 Å². The van der Waals surface area contributed by atoms with Crippen LogP contribution in [0.5, 0.6) is 0 Å². The summed E-state index contributed by atoms with van der Waals surface area (Å²) in [4.78, 5) is 35.5. The van der Waals surface area contributed by atoms with Crippen LogP contribution in [-0.4, -0.2) is 49.6 Å². The van der Waals surface area contributed by atoms with Gasteiger partial charge in [0.25, 0.3) is 0 Å². The van der Waals surface area contributed by atoms with E-state index in [4.69, 9.17) is 4.74 Å². The standard InChI is InChI=1S/C12H21NO5/c1-4-8-13(9-12(16)17-3)10(14)6-7-11(15)18-5-2/h4-9H2,1-3H3. The highest BCUT2D eigenvalue weighted by atomic mass is 16.5. The van der Waals surface area contributed by atoms with Crippen LogP contribution in [0.3, 0.4) is 0 Å². The minimum Gasteiger partial charge on any atom is -0.468 e. The van der Waals surface area contributed by atoms with Gasteiger partial charge in [0.05, 0.1) is 20.1 Å². The molecule has 0 saturated heterocycles. The summed E-state index contributed by atoms with van der Waals surface area (Å²) in [5, 5.41) is 0. The molecule has 0 radical (unpaired) electrons. The fourth-order valence-electron chi connectivity index (χ4n) is 1.38. The molecule has 0 aromatic carbocycles. The van der Waals surface area contributed by atoms with Gasteiger partial charge in [0.15, 0.2) is 0 Å². The molecule has 0 aliphatic carbocycles. The summed E-state index contributed by atoms with van der Waals surface area (Å²) in [7, 11) is 1.27. The maximum Gasteiger partial charge on any atom is 0.325 e. The molecular weight excluding hydrogens is 238 g/mol. The van der Waals surface area contributed by atoms with Crippen LogP contribution < -0.4 is 0 Å². The first-order valence-electron chi connectivity index (χ1n) is 6.05. The molecule has 0 atom stereocenters. The predicted octanol–water partition coefficient (Wildman–Crippen LogP) is 0.741. The summed E-state index contributed by atoms with van der Waals surface area (Å²) < 4.78 is 9.25. The Morgan fingerprint density at radius 2 is 1.72 bits per heavy atom. The van der Waals surface area contributed by atoms with Crippen molar-refractivity contribution >= 4 is 17.8 Å². The van der Waals surface area contributed by atoms with Gasteiger partial charge in [-0.15, -0.1) is 0 Å². The lowest BCUT2D eigenvalue weighted by atomic mass is 10.2. The Hall–Kier alpha value is -1.59. The van der Waals surface area contributed by atoms with E-state index < -0.39 is 11.9 Å². The first-order chi connectivity index (χ1) is 8.54. The molecule has 0 aliphatic heterocycles. The molecule has 0 unspecified atom stereocenters. The Labute approximate surface area is 107 Å². The molecule has 6 heteroatoms. The van der Waals surface area contributed by atoms with Gasteiger partial charge in [-0.25, -0.2) is 0 Å². The summed E-state index contributed by atoms with van der Waals surface area (Å²) in [6, 6.07) is 0. The monoisotopic (exact) mass is 259 g/mol. The molecule has 0 heterocycles. The van der Waals surface area contributed by atoms with E-state index >= 15 is 0 Å². The zero-order chi connectivity index (χ0) is 14.0. The first kappa shape index (κ1) is 16.4. The van der Waals surface area contributed by atoms with Gasteiger partial charge in [0, 0.05) is 13.0 Å². The zero-order valence-corrected chi connectivity index (χ0v) is 11.2. The lowest BCUT2D eigenvalue weighted by Crippen LogP contribution is -2.37. The molecule has 0 saturated carbocycles. The molecule has 104 valence electrons. The van der Waals surface area contributed by atoms with Gasteiger partial charge in [-0.2, -0.15) is 0 Å². The third-order valence-corrected chi connectivity index (χ3v) is 2.24. The van der Waals surface area contributed by atoms with Crippen LogP contribution in [0, 0.1) is 0 Å². The van der Waals surface area contributed by atoms with Crippen LogP contribution in [0.2, 0.25) is 0 Å². The second-order valence-electron chi connectivity index (χ2n) is 3.70. The Kier molecular flexibility index (Phi) is 8.61. The van der Waals surface area contributed by atoms with Gasteiger partial charge in [-0.3, -0.25) is 14.4 Å². The lowest BCUT2D eigenvalue weighted by Gasteiger charge is -2.20. The van der Waals surface area contributed by atoms with Crippen molar-refractivity contribution in [3.8, 4) is 0 Å². The summed E-state index contributed by atoms with van der Waals surface area (Å²) in [6.07, 6.45) is 0.825. The van der Waals surface area contributed by atoms with Gasteiger partial charge in [0.1, 0.15) is 6.54 Å². The highest BCUT2D eigenvalue weighted by Crippen LogP contribution is 2.01. The summed E-state index contributed by atoms with van der Waals surface area (Å²) in [6.45, 7) is 4.31. The summed E-state index contributed by atoms with van der Waals surface area (Å²) >= 11 is 0. The Bertz CT molecular complexity index is 290. The number of carbonyl (C=O) groups excluding carboxylic acids is 3. The number of esters is 2. The summed E-state index contributed by atoms with van der Waals surface area (Å²) in [5.74, 6) is -1.11. The largest absolute Gasteiger partial charge is 0.468 e. The van der Waals surface area contributed by atoms with Gasteiger partial charge < -0.3 is 14.4 Å². The van der Waals surface area contributed by atoms with Crippen LogP contribution in [0.15, 0.2) is 0 Å². The minimum atomic E-state index is -0.465. The minimum absolute atomic E-state index is 0.0358. The van der Waals surface area contributed by atoms with Crippen molar-refractivity contribution in [2.24, 2.45) is 0 Å². The van der Waals surface area contributed by atoms with Crippen molar-refractivity contribution in [3.63, 3.8) is 0 Å². The van der Waals surface area contributed by atoms with E-state index in [1.54, 1.807) is 6.92 Å². The Balaban J connectivity index is 4.21. The van der Waals surface area contributed by atoms with E-state index in [9.17, 15) is 14.4 Å². The van der Waals surface area contributed by atoms with Crippen LogP contribution in [-0.2, 0) is 23.9 Å². The number of hydrogen-bond donors (Lipinski definition) is 0. The third kappa shape index (κ3) is 6.88. The molecule has 0 aromatic heterocycles. The van der Waals surface area contributed by atoms with Crippen molar-refractivity contribution < 1.29 is 23.9 Å². The Morgan fingerprint density at radius 1 is 1.06 bits per heavy atom. The number of amides is 1. The number of carbonyl (C=O) groups is 3. The number of methoxy groups -OCH3 is 1. The van der Waals surface area contributed by atoms with E-state index in [1.165, 1.54) is 12.0 Å². The van der Waals surface area contributed by atoms with E-state index in [0.29, 0.717) is 13.2 Å². The molecular formula is C12H21NO5. The lowest BCUT2D eigenvalue weighted by molar-refractivity contribution is -0.148. The Morgan fingerprint density at radius 3 is 2.22 bits per heavy atom. The molecule has 6 nitrogen and oxygen atoms in total. The molecule has 0 aromatic rings. The second kappa shape index (κ2) is 9.44. The van der Waals surface area contributed by atoms with E-state index in [0.717, 1.165) is 6.42 Å². The number of hydrogen-bond acceptors (Lipinski definition) is 5. The van der Waals surface area contributed by atoms with Gasteiger partial charge in [-0.05, 0) is 13.3 Å². The zero-order valence-electron chi connectivity index (χ0n) is 11.2. The van der Waals surface area contributed by atoms with Crippen molar-refractivity contribution in [1.29, 1.82) is 0 Å². The normalized spacial score (nSPS) is 9.72. The number of nitrogens with zero attached hydrogens (tertiary/aromatic N) is 1. The fourth-order valence-corrected chi connectivity index (χ4v) is 1.38. The number of ether oxygens (including phenoxy) is 2. The summed E-state index contributed by atoms with van der Waals surface area (Å²) in [5.41, 5.74) is 0. The first-order valence-corrected chi connectivity index (χ1v) is 6.05. The molecule has 0 spiro atoms. The molecule has 0 bridgehead atoms. The molecule has 18 heavy (non-hydrogen) atoms. The van der Waals surface area contributed by atoms with Crippen molar-refractivity contribution in [3.05, 3.63) is 0 Å². The second-order valence-corrected chi connectivity index (χ2v) is 3.70. The highest BCUT2D eigenvalue weighted by Gasteiger charge is 2.17. The highest BCUT2D eigenvalue weighted by molar-refractivity contribution is 5.84. The smallest absolute Gasteiger partial charge is 0.325 e.